The summed E-state index contributed by atoms with van der Waals surface area (Å²) in [7, 11) is 0. The molecule has 0 spiro atoms. The van der Waals surface area contributed by atoms with E-state index in [-0.39, 0.29) is 4.32 Å². The highest BCUT2D eigenvalue weighted by Crippen LogP contribution is 2.39. The molecule has 184 valence electrons. The second kappa shape index (κ2) is 12.2. The van der Waals surface area contributed by atoms with Crippen LogP contribution in [0.3, 0.4) is 0 Å². The van der Waals surface area contributed by atoms with Gasteiger partial charge in [0.1, 0.15) is 0 Å². The summed E-state index contributed by atoms with van der Waals surface area (Å²) in [6.07, 6.45) is 2.48. The highest BCUT2D eigenvalue weighted by atomic mass is 79.9. The van der Waals surface area contributed by atoms with Gasteiger partial charge in [-0.25, -0.2) is 0 Å². The maximum atomic E-state index is 13.0. The standard InChI is InChI=1S/C27H23BrN2O4S2/c1-2-33-22-16-19(15-21(28)24(22)34-14-13-18-9-5-3-6-10-18)17-23-26(32)30(27(35)36-23)29-25(31)20-11-7-4-8-12-20/h3-12,15-17H,2,13-14H2,1H3,(H,29,31)/b23-17-. The van der Waals surface area contributed by atoms with Crippen molar-refractivity contribution in [3.05, 3.63) is 98.9 Å². The topological polar surface area (TPSA) is 67.9 Å². The van der Waals surface area contributed by atoms with Crippen molar-refractivity contribution >= 4 is 62.1 Å². The van der Waals surface area contributed by atoms with E-state index < -0.39 is 11.8 Å². The molecule has 36 heavy (non-hydrogen) atoms. The summed E-state index contributed by atoms with van der Waals surface area (Å²) in [5.74, 6) is 0.365. The minimum Gasteiger partial charge on any atom is -0.490 e. The normalized spacial score (nSPS) is 14.3. The van der Waals surface area contributed by atoms with Gasteiger partial charge in [-0.15, -0.1) is 0 Å². The van der Waals surface area contributed by atoms with Crippen LogP contribution in [-0.2, 0) is 11.2 Å². The molecule has 0 atom stereocenters. The number of nitrogens with zero attached hydrogens (tertiary/aromatic N) is 1. The zero-order chi connectivity index (χ0) is 25.5. The largest absolute Gasteiger partial charge is 0.490 e. The average molecular weight is 584 g/mol. The number of benzene rings is 3. The van der Waals surface area contributed by atoms with Crippen molar-refractivity contribution in [3.8, 4) is 11.5 Å². The highest BCUT2D eigenvalue weighted by molar-refractivity contribution is 9.10. The molecular formula is C27H23BrN2O4S2. The van der Waals surface area contributed by atoms with Crippen LogP contribution in [0, 0.1) is 0 Å². The number of thioether (sulfide) groups is 1. The fourth-order valence-corrected chi connectivity index (χ4v) is 5.21. The molecule has 9 heteroatoms. The van der Waals surface area contributed by atoms with Gasteiger partial charge in [0.25, 0.3) is 11.8 Å². The second-order valence-electron chi connectivity index (χ2n) is 7.67. The molecule has 1 aliphatic rings. The number of nitrogens with one attached hydrogen (secondary N) is 1. The molecule has 1 heterocycles. The van der Waals surface area contributed by atoms with Crippen molar-refractivity contribution in [2.75, 3.05) is 13.2 Å². The Balaban J connectivity index is 1.49. The van der Waals surface area contributed by atoms with Gasteiger partial charge in [-0.2, -0.15) is 5.01 Å². The molecule has 0 unspecified atom stereocenters. The molecule has 4 rings (SSSR count). The van der Waals surface area contributed by atoms with Crippen LogP contribution in [-0.4, -0.2) is 34.4 Å². The van der Waals surface area contributed by atoms with E-state index in [2.05, 4.69) is 33.5 Å². The molecule has 1 aliphatic heterocycles. The first kappa shape index (κ1) is 25.9. The van der Waals surface area contributed by atoms with Crippen LogP contribution in [0.5, 0.6) is 11.5 Å². The minimum absolute atomic E-state index is 0.250. The van der Waals surface area contributed by atoms with Crippen LogP contribution in [0.25, 0.3) is 6.08 Å². The van der Waals surface area contributed by atoms with E-state index in [0.717, 1.165) is 28.8 Å². The maximum absolute atomic E-state index is 13.0. The summed E-state index contributed by atoms with van der Waals surface area (Å²) in [4.78, 5) is 25.9. The van der Waals surface area contributed by atoms with Gasteiger partial charge in [-0.05, 0) is 76.5 Å². The van der Waals surface area contributed by atoms with Crippen molar-refractivity contribution in [1.29, 1.82) is 0 Å². The Morgan fingerprint density at radius 2 is 1.78 bits per heavy atom. The average Bonchev–Trinajstić information content (AvgIpc) is 3.14. The number of hydrazine groups is 1. The Morgan fingerprint density at radius 1 is 1.08 bits per heavy atom. The van der Waals surface area contributed by atoms with Gasteiger partial charge in [0.15, 0.2) is 15.8 Å². The number of carbonyl (C=O) groups excluding carboxylic acids is 2. The summed E-state index contributed by atoms with van der Waals surface area (Å²) >= 11 is 10.0. The molecule has 1 N–H and O–H groups in total. The number of amides is 2. The first-order valence-electron chi connectivity index (χ1n) is 11.2. The van der Waals surface area contributed by atoms with Crippen LogP contribution < -0.4 is 14.9 Å². The Hall–Kier alpha value is -3.14. The number of hydrogen-bond donors (Lipinski definition) is 1. The van der Waals surface area contributed by atoms with Gasteiger partial charge in [-0.3, -0.25) is 15.0 Å². The lowest BCUT2D eigenvalue weighted by Crippen LogP contribution is -2.44. The summed E-state index contributed by atoms with van der Waals surface area (Å²) < 4.78 is 12.8. The first-order chi connectivity index (χ1) is 17.5. The maximum Gasteiger partial charge on any atom is 0.285 e. The zero-order valence-corrected chi connectivity index (χ0v) is 22.6. The second-order valence-corrected chi connectivity index (χ2v) is 10.2. The fourth-order valence-electron chi connectivity index (χ4n) is 3.46. The van der Waals surface area contributed by atoms with Gasteiger partial charge in [0.05, 0.1) is 22.6 Å². The van der Waals surface area contributed by atoms with E-state index in [9.17, 15) is 9.59 Å². The summed E-state index contributed by atoms with van der Waals surface area (Å²) in [5, 5.41) is 1.10. The minimum atomic E-state index is -0.411. The van der Waals surface area contributed by atoms with Crippen LogP contribution in [0.2, 0.25) is 0 Å². The van der Waals surface area contributed by atoms with Gasteiger partial charge in [-0.1, -0.05) is 60.3 Å². The summed E-state index contributed by atoms with van der Waals surface area (Å²) in [6.45, 7) is 2.84. The lowest BCUT2D eigenvalue weighted by atomic mass is 10.1. The predicted molar refractivity (Wildman–Crippen MR) is 150 cm³/mol. The SMILES string of the molecule is CCOc1cc(/C=C2\SC(=S)N(NC(=O)c3ccccc3)C2=O)cc(Br)c1OCCc1ccccc1. The van der Waals surface area contributed by atoms with E-state index in [1.165, 1.54) is 5.56 Å². The molecule has 2 amide bonds. The van der Waals surface area contributed by atoms with Crippen molar-refractivity contribution in [2.45, 2.75) is 13.3 Å². The summed E-state index contributed by atoms with van der Waals surface area (Å²) in [6, 6.07) is 22.4. The van der Waals surface area contributed by atoms with E-state index >= 15 is 0 Å². The smallest absolute Gasteiger partial charge is 0.285 e. The third-order valence-electron chi connectivity index (χ3n) is 5.15. The lowest BCUT2D eigenvalue weighted by Gasteiger charge is -2.16. The van der Waals surface area contributed by atoms with Gasteiger partial charge < -0.3 is 9.47 Å². The molecule has 0 aromatic heterocycles. The number of carbonyl (C=O) groups is 2. The molecular weight excluding hydrogens is 560 g/mol. The third-order valence-corrected chi connectivity index (χ3v) is 7.04. The molecule has 3 aromatic rings. The van der Waals surface area contributed by atoms with Crippen LogP contribution in [0.1, 0.15) is 28.4 Å². The molecule has 0 radical (unpaired) electrons. The zero-order valence-electron chi connectivity index (χ0n) is 19.4. The molecule has 3 aromatic carbocycles. The lowest BCUT2D eigenvalue weighted by molar-refractivity contribution is -0.123. The fraction of sp³-hybridized carbons (Fsp3) is 0.148. The molecule has 0 saturated carbocycles. The van der Waals surface area contributed by atoms with Gasteiger partial charge in [0, 0.05) is 12.0 Å². The van der Waals surface area contributed by atoms with Crippen molar-refractivity contribution in [2.24, 2.45) is 0 Å². The van der Waals surface area contributed by atoms with Crippen molar-refractivity contribution in [1.82, 2.24) is 10.4 Å². The number of hydrogen-bond acceptors (Lipinski definition) is 6. The number of halogens is 1. The predicted octanol–water partition coefficient (Wildman–Crippen LogP) is 6.02. The van der Waals surface area contributed by atoms with Gasteiger partial charge in [0.2, 0.25) is 0 Å². The Labute approximate surface area is 227 Å². The number of ether oxygens (including phenoxy) is 2. The Bertz CT molecular complexity index is 1300. The molecule has 1 saturated heterocycles. The Morgan fingerprint density at radius 3 is 2.47 bits per heavy atom. The van der Waals surface area contributed by atoms with Crippen LogP contribution in [0.15, 0.2) is 82.2 Å². The van der Waals surface area contributed by atoms with Crippen LogP contribution >= 0.6 is 39.9 Å². The molecule has 0 bridgehead atoms. The Kier molecular flexibility index (Phi) is 8.79. The number of thiocarbonyl (C=S) groups is 1. The first-order valence-corrected chi connectivity index (χ1v) is 13.2. The van der Waals surface area contributed by atoms with Crippen molar-refractivity contribution < 1.29 is 19.1 Å². The monoisotopic (exact) mass is 582 g/mol. The molecule has 0 aliphatic carbocycles. The van der Waals surface area contributed by atoms with E-state index in [1.54, 1.807) is 30.3 Å². The highest BCUT2D eigenvalue weighted by Gasteiger charge is 2.34. The quantitative estimate of drug-likeness (QED) is 0.246. The molecule has 6 nitrogen and oxygen atoms in total. The molecule has 1 fully saturated rings. The van der Waals surface area contributed by atoms with E-state index in [0.29, 0.717) is 39.7 Å². The van der Waals surface area contributed by atoms with Gasteiger partial charge >= 0.3 is 0 Å². The summed E-state index contributed by atoms with van der Waals surface area (Å²) in [5.41, 5.74) is 4.94. The number of rotatable bonds is 9. The van der Waals surface area contributed by atoms with E-state index in [4.69, 9.17) is 21.7 Å². The van der Waals surface area contributed by atoms with E-state index in [1.807, 2.05) is 43.3 Å². The third kappa shape index (κ3) is 6.34. The van der Waals surface area contributed by atoms with Crippen molar-refractivity contribution in [3.63, 3.8) is 0 Å². The van der Waals surface area contributed by atoms with Crippen LogP contribution in [0.4, 0.5) is 0 Å².